The van der Waals surface area contributed by atoms with E-state index in [4.69, 9.17) is 5.11 Å². The van der Waals surface area contributed by atoms with Gasteiger partial charge in [0.25, 0.3) is 0 Å². The molecular formula is C18H26N2O3. The lowest BCUT2D eigenvalue weighted by Gasteiger charge is -2.21. The number of rotatable bonds is 6. The maximum atomic E-state index is 11.1. The first-order valence-electron chi connectivity index (χ1n) is 8.62. The highest BCUT2D eigenvalue weighted by Gasteiger charge is 2.19. The predicted molar refractivity (Wildman–Crippen MR) is 88.5 cm³/mol. The van der Waals surface area contributed by atoms with Gasteiger partial charge in [-0.1, -0.05) is 12.1 Å². The molecule has 5 heteroatoms. The molecule has 5 nitrogen and oxygen atoms in total. The van der Waals surface area contributed by atoms with Crippen LogP contribution in [0.1, 0.15) is 42.4 Å². The first-order chi connectivity index (χ1) is 11.1. The van der Waals surface area contributed by atoms with Crippen LogP contribution < -0.4 is 0 Å². The summed E-state index contributed by atoms with van der Waals surface area (Å²) in [5, 5.41) is 19.8. The van der Waals surface area contributed by atoms with Gasteiger partial charge in [0, 0.05) is 24.2 Å². The number of aliphatic carboxylic acids is 1. The molecule has 0 aliphatic carbocycles. The van der Waals surface area contributed by atoms with Crippen LogP contribution >= 0.6 is 0 Å². The number of carboxylic acid groups (broad SMARTS) is 1. The Morgan fingerprint density at radius 2 is 1.35 bits per heavy atom. The fraction of sp³-hybridized carbons (Fsp3) is 0.611. The van der Waals surface area contributed by atoms with E-state index in [1.54, 1.807) is 0 Å². The van der Waals surface area contributed by atoms with Crippen LogP contribution in [-0.2, 0) is 24.3 Å². The number of carbonyl (C=O) groups is 1. The summed E-state index contributed by atoms with van der Waals surface area (Å²) in [6.45, 7) is 5.67. The van der Waals surface area contributed by atoms with Crippen molar-refractivity contribution in [3.8, 4) is 5.75 Å². The van der Waals surface area contributed by atoms with E-state index in [-0.39, 0.29) is 6.42 Å². The molecule has 0 amide bonds. The highest BCUT2D eigenvalue weighted by Crippen LogP contribution is 2.29. The van der Waals surface area contributed by atoms with Crippen molar-refractivity contribution in [3.05, 3.63) is 28.8 Å². The van der Waals surface area contributed by atoms with Gasteiger partial charge in [-0.05, 0) is 57.4 Å². The van der Waals surface area contributed by atoms with Gasteiger partial charge in [-0.25, -0.2) is 0 Å². The zero-order valence-corrected chi connectivity index (χ0v) is 13.6. The molecule has 0 radical (unpaired) electrons. The van der Waals surface area contributed by atoms with E-state index >= 15 is 0 Å². The van der Waals surface area contributed by atoms with E-state index in [1.807, 2.05) is 12.1 Å². The molecule has 2 heterocycles. The lowest BCUT2D eigenvalue weighted by molar-refractivity contribution is -0.136. The molecule has 3 rings (SSSR count). The highest BCUT2D eigenvalue weighted by atomic mass is 16.4. The molecule has 2 N–H and O–H groups in total. The Hall–Kier alpha value is -1.59. The molecule has 126 valence electrons. The number of phenols is 1. The summed E-state index contributed by atoms with van der Waals surface area (Å²) in [5.41, 5.74) is 2.54. The number of likely N-dealkylation sites (tertiary alicyclic amines) is 2. The molecule has 0 aromatic heterocycles. The van der Waals surface area contributed by atoms with Gasteiger partial charge in [0.15, 0.2) is 0 Å². The molecule has 2 aliphatic rings. The number of nitrogens with zero attached hydrogens (tertiary/aromatic N) is 2. The molecule has 2 aliphatic heterocycles. The summed E-state index contributed by atoms with van der Waals surface area (Å²) in [4.78, 5) is 15.7. The number of benzene rings is 1. The molecule has 0 saturated carbocycles. The number of aromatic hydroxyl groups is 1. The molecule has 0 bridgehead atoms. The molecule has 2 fully saturated rings. The average molecular weight is 318 g/mol. The van der Waals surface area contributed by atoms with E-state index in [0.717, 1.165) is 42.9 Å². The maximum absolute atomic E-state index is 11.1. The second-order valence-electron chi connectivity index (χ2n) is 6.80. The Morgan fingerprint density at radius 3 is 1.74 bits per heavy atom. The summed E-state index contributed by atoms with van der Waals surface area (Å²) in [5.74, 6) is -0.465. The van der Waals surface area contributed by atoms with Crippen LogP contribution in [0.15, 0.2) is 12.1 Å². The van der Waals surface area contributed by atoms with Gasteiger partial charge >= 0.3 is 5.97 Å². The quantitative estimate of drug-likeness (QED) is 0.842. The van der Waals surface area contributed by atoms with Crippen molar-refractivity contribution in [2.24, 2.45) is 0 Å². The lowest BCUT2D eigenvalue weighted by Crippen LogP contribution is -2.21. The number of phenolic OH excluding ortho intramolecular Hbond substituents is 1. The molecule has 1 aromatic carbocycles. The highest BCUT2D eigenvalue weighted by molar-refractivity contribution is 5.70. The van der Waals surface area contributed by atoms with Crippen LogP contribution in [0.4, 0.5) is 0 Å². The van der Waals surface area contributed by atoms with Gasteiger partial charge in [0.05, 0.1) is 6.42 Å². The normalized spacial score (nSPS) is 19.5. The van der Waals surface area contributed by atoms with Crippen LogP contribution in [0, 0.1) is 0 Å². The average Bonchev–Trinajstić information content (AvgIpc) is 3.16. The SMILES string of the molecule is O=C(O)Cc1cc(CN2CCCC2)c(O)c(CN2CCCC2)c1. The van der Waals surface area contributed by atoms with Crippen LogP contribution in [-0.4, -0.2) is 52.2 Å². The number of hydrogen-bond donors (Lipinski definition) is 2. The third-order valence-corrected chi connectivity index (χ3v) is 4.87. The van der Waals surface area contributed by atoms with E-state index in [2.05, 4.69) is 9.80 Å². The monoisotopic (exact) mass is 318 g/mol. The zero-order chi connectivity index (χ0) is 16.2. The smallest absolute Gasteiger partial charge is 0.307 e. The van der Waals surface area contributed by atoms with Crippen molar-refractivity contribution in [1.82, 2.24) is 9.80 Å². The van der Waals surface area contributed by atoms with Gasteiger partial charge in [-0.2, -0.15) is 0 Å². The molecule has 0 atom stereocenters. The van der Waals surface area contributed by atoms with Gasteiger partial charge < -0.3 is 10.2 Å². The second-order valence-corrected chi connectivity index (χ2v) is 6.80. The molecular weight excluding hydrogens is 292 g/mol. The Bertz CT molecular complexity index is 522. The molecule has 23 heavy (non-hydrogen) atoms. The predicted octanol–water partition coefficient (Wildman–Crippen LogP) is 2.21. The molecule has 1 aromatic rings. The molecule has 2 saturated heterocycles. The first kappa shape index (κ1) is 16.3. The topological polar surface area (TPSA) is 64.0 Å². The van der Waals surface area contributed by atoms with E-state index in [9.17, 15) is 9.90 Å². The summed E-state index contributed by atoms with van der Waals surface area (Å²) in [7, 11) is 0. The third kappa shape index (κ3) is 4.24. The van der Waals surface area contributed by atoms with Crippen molar-refractivity contribution < 1.29 is 15.0 Å². The van der Waals surface area contributed by atoms with Crippen molar-refractivity contribution >= 4 is 5.97 Å². The Labute approximate surface area is 137 Å². The minimum absolute atomic E-state index is 0.0142. The number of carboxylic acids is 1. The van der Waals surface area contributed by atoms with Crippen LogP contribution in [0.5, 0.6) is 5.75 Å². The summed E-state index contributed by atoms with van der Waals surface area (Å²) < 4.78 is 0. The number of hydrogen-bond acceptors (Lipinski definition) is 4. The van der Waals surface area contributed by atoms with E-state index < -0.39 is 5.97 Å². The lowest BCUT2D eigenvalue weighted by atomic mass is 10.0. The Kier molecular flexibility index (Phi) is 5.18. The van der Waals surface area contributed by atoms with Gasteiger partial charge in [-0.15, -0.1) is 0 Å². The molecule has 0 spiro atoms. The van der Waals surface area contributed by atoms with Crippen LogP contribution in [0.2, 0.25) is 0 Å². The van der Waals surface area contributed by atoms with E-state index in [0.29, 0.717) is 18.8 Å². The third-order valence-electron chi connectivity index (χ3n) is 4.87. The van der Waals surface area contributed by atoms with Gasteiger partial charge in [0.1, 0.15) is 5.75 Å². The standard InChI is InChI=1S/C18H26N2O3/c21-17(22)11-14-9-15(12-19-5-1-2-6-19)18(23)16(10-14)13-20-7-3-4-8-20/h9-10,23H,1-8,11-13H2,(H,21,22). The van der Waals surface area contributed by atoms with E-state index in [1.165, 1.54) is 25.7 Å². The Balaban J connectivity index is 1.83. The largest absolute Gasteiger partial charge is 0.507 e. The van der Waals surface area contributed by atoms with Gasteiger partial charge in [-0.3, -0.25) is 14.6 Å². The van der Waals surface area contributed by atoms with Crippen molar-refractivity contribution in [3.63, 3.8) is 0 Å². The summed E-state index contributed by atoms with van der Waals surface area (Å²) in [6, 6.07) is 3.74. The minimum atomic E-state index is -0.824. The first-order valence-corrected chi connectivity index (χ1v) is 8.62. The maximum Gasteiger partial charge on any atom is 0.307 e. The van der Waals surface area contributed by atoms with Crippen LogP contribution in [0.25, 0.3) is 0 Å². The fourth-order valence-corrected chi connectivity index (χ4v) is 3.71. The summed E-state index contributed by atoms with van der Waals surface area (Å²) >= 11 is 0. The van der Waals surface area contributed by atoms with Crippen molar-refractivity contribution in [1.29, 1.82) is 0 Å². The Morgan fingerprint density at radius 1 is 0.913 bits per heavy atom. The minimum Gasteiger partial charge on any atom is -0.507 e. The van der Waals surface area contributed by atoms with Crippen molar-refractivity contribution in [2.75, 3.05) is 26.2 Å². The van der Waals surface area contributed by atoms with Crippen LogP contribution in [0.3, 0.4) is 0 Å². The zero-order valence-electron chi connectivity index (χ0n) is 13.6. The summed E-state index contributed by atoms with van der Waals surface area (Å²) in [6.07, 6.45) is 4.83. The van der Waals surface area contributed by atoms with Gasteiger partial charge in [0.2, 0.25) is 0 Å². The molecule has 0 unspecified atom stereocenters. The second kappa shape index (κ2) is 7.32. The fourth-order valence-electron chi connectivity index (χ4n) is 3.71. The van der Waals surface area contributed by atoms with Crippen molar-refractivity contribution in [2.45, 2.75) is 45.2 Å².